The fourth-order valence-electron chi connectivity index (χ4n) is 2.70. The van der Waals surface area contributed by atoms with E-state index in [1.807, 2.05) is 18.2 Å². The Balaban J connectivity index is 1.72. The molecule has 21 heavy (non-hydrogen) atoms. The smallest absolute Gasteiger partial charge is 0.274 e. The number of aromatic nitrogens is 1. The lowest BCUT2D eigenvalue weighted by molar-refractivity contribution is 0.102. The van der Waals surface area contributed by atoms with Gasteiger partial charge in [-0.25, -0.2) is 0 Å². The fraction of sp³-hybridized carbons (Fsp3) is 0.294. The zero-order chi connectivity index (χ0) is 14.5. The fourth-order valence-corrected chi connectivity index (χ4v) is 2.70. The van der Waals surface area contributed by atoms with Crippen molar-refractivity contribution in [1.29, 1.82) is 0 Å². The molecule has 4 heteroatoms. The zero-order valence-corrected chi connectivity index (χ0v) is 11.9. The first-order valence-electron chi connectivity index (χ1n) is 7.36. The lowest BCUT2D eigenvalue weighted by atomic mass is 9.91. The molecule has 1 amide bonds. The molecule has 3 rings (SSSR count). The van der Waals surface area contributed by atoms with Crippen LogP contribution < -0.4 is 10.6 Å². The average molecular weight is 281 g/mol. The number of carbonyl (C=O) groups is 1. The Morgan fingerprint density at radius 1 is 1.24 bits per heavy atom. The van der Waals surface area contributed by atoms with Gasteiger partial charge in [0, 0.05) is 18.4 Å². The first-order valence-corrected chi connectivity index (χ1v) is 7.36. The average Bonchev–Trinajstić information content (AvgIpc) is 2.57. The lowest BCUT2D eigenvalue weighted by Gasteiger charge is -2.23. The molecule has 1 saturated heterocycles. The van der Waals surface area contributed by atoms with Crippen molar-refractivity contribution in [3.8, 4) is 0 Å². The summed E-state index contributed by atoms with van der Waals surface area (Å²) in [5, 5.41) is 6.34. The molecule has 1 aromatic heterocycles. The number of piperidine rings is 1. The highest BCUT2D eigenvalue weighted by Gasteiger charge is 2.15. The number of amides is 1. The molecule has 0 bridgehead atoms. The van der Waals surface area contributed by atoms with Gasteiger partial charge in [0.2, 0.25) is 0 Å². The third kappa shape index (κ3) is 3.47. The molecule has 1 aliphatic rings. The van der Waals surface area contributed by atoms with E-state index < -0.39 is 0 Å². The standard InChI is InChI=1S/C17H19N3O/c21-17(16-8-1-2-10-19-16)20-15-7-3-5-13(11-15)14-6-4-9-18-12-14/h1-3,5,7-8,10-11,14,18H,4,6,9,12H2,(H,20,21). The van der Waals surface area contributed by atoms with E-state index in [1.165, 1.54) is 18.4 Å². The van der Waals surface area contributed by atoms with E-state index in [-0.39, 0.29) is 5.91 Å². The van der Waals surface area contributed by atoms with Gasteiger partial charge in [0.15, 0.2) is 0 Å². The van der Waals surface area contributed by atoms with Crippen molar-refractivity contribution >= 4 is 11.6 Å². The Kier molecular flexibility index (Phi) is 4.26. The highest BCUT2D eigenvalue weighted by atomic mass is 16.1. The Labute approximate surface area is 124 Å². The van der Waals surface area contributed by atoms with E-state index in [9.17, 15) is 4.79 Å². The molecule has 1 aromatic carbocycles. The predicted octanol–water partition coefficient (Wildman–Crippen LogP) is 2.80. The normalized spacial score (nSPS) is 18.2. The van der Waals surface area contributed by atoms with Crippen molar-refractivity contribution in [2.45, 2.75) is 18.8 Å². The number of carbonyl (C=O) groups excluding carboxylic acids is 1. The molecule has 0 saturated carbocycles. The maximum absolute atomic E-state index is 12.1. The minimum atomic E-state index is -0.172. The van der Waals surface area contributed by atoms with Gasteiger partial charge in [-0.2, -0.15) is 0 Å². The lowest BCUT2D eigenvalue weighted by Crippen LogP contribution is -2.28. The molecule has 0 aliphatic carbocycles. The van der Waals surface area contributed by atoms with Crippen LogP contribution in [0.1, 0.15) is 34.8 Å². The number of benzene rings is 1. The number of hydrogen-bond donors (Lipinski definition) is 2. The topological polar surface area (TPSA) is 54.0 Å². The zero-order valence-electron chi connectivity index (χ0n) is 11.9. The highest BCUT2D eigenvalue weighted by Crippen LogP contribution is 2.25. The second kappa shape index (κ2) is 6.50. The molecule has 1 fully saturated rings. The summed E-state index contributed by atoms with van der Waals surface area (Å²) in [6.07, 6.45) is 4.03. The van der Waals surface area contributed by atoms with Gasteiger partial charge in [-0.15, -0.1) is 0 Å². The van der Waals surface area contributed by atoms with Gasteiger partial charge in [0.05, 0.1) is 0 Å². The van der Waals surface area contributed by atoms with Gasteiger partial charge in [-0.1, -0.05) is 18.2 Å². The van der Waals surface area contributed by atoms with Crippen LogP contribution in [0.25, 0.3) is 0 Å². The Morgan fingerprint density at radius 3 is 2.95 bits per heavy atom. The molecular formula is C17H19N3O. The summed E-state index contributed by atoms with van der Waals surface area (Å²) in [5.74, 6) is 0.361. The van der Waals surface area contributed by atoms with Crippen molar-refractivity contribution in [1.82, 2.24) is 10.3 Å². The van der Waals surface area contributed by atoms with Crippen molar-refractivity contribution < 1.29 is 4.79 Å². The summed E-state index contributed by atoms with van der Waals surface area (Å²) in [6, 6.07) is 13.4. The summed E-state index contributed by atoms with van der Waals surface area (Å²) < 4.78 is 0. The number of rotatable bonds is 3. The first kappa shape index (κ1) is 13.8. The van der Waals surface area contributed by atoms with Crippen LogP contribution in [0, 0.1) is 0 Å². The Bertz CT molecular complexity index is 606. The van der Waals surface area contributed by atoms with E-state index in [0.717, 1.165) is 18.8 Å². The number of hydrogen-bond acceptors (Lipinski definition) is 3. The second-order valence-corrected chi connectivity index (χ2v) is 5.34. The van der Waals surface area contributed by atoms with E-state index in [1.54, 1.807) is 18.3 Å². The molecule has 2 aromatic rings. The maximum Gasteiger partial charge on any atom is 0.274 e. The van der Waals surface area contributed by atoms with Crippen molar-refractivity contribution in [2.75, 3.05) is 18.4 Å². The summed E-state index contributed by atoms with van der Waals surface area (Å²) in [7, 11) is 0. The second-order valence-electron chi connectivity index (χ2n) is 5.34. The van der Waals surface area contributed by atoms with Crippen LogP contribution >= 0.6 is 0 Å². The molecule has 1 unspecified atom stereocenters. The third-order valence-electron chi connectivity index (χ3n) is 3.81. The van der Waals surface area contributed by atoms with Crippen molar-refractivity contribution in [2.24, 2.45) is 0 Å². The molecule has 2 heterocycles. The first-order chi connectivity index (χ1) is 10.3. The van der Waals surface area contributed by atoms with Gasteiger partial charge in [-0.05, 0) is 55.1 Å². The quantitative estimate of drug-likeness (QED) is 0.909. The number of anilines is 1. The molecule has 2 N–H and O–H groups in total. The summed E-state index contributed by atoms with van der Waals surface area (Å²) in [5.41, 5.74) is 2.54. The molecule has 4 nitrogen and oxygen atoms in total. The van der Waals surface area contributed by atoms with Gasteiger partial charge >= 0.3 is 0 Å². The minimum absolute atomic E-state index is 0.172. The molecule has 108 valence electrons. The summed E-state index contributed by atoms with van der Waals surface area (Å²) in [6.45, 7) is 2.12. The molecule has 1 aliphatic heterocycles. The predicted molar refractivity (Wildman–Crippen MR) is 83.5 cm³/mol. The Morgan fingerprint density at radius 2 is 2.19 bits per heavy atom. The number of nitrogens with one attached hydrogen (secondary N) is 2. The van der Waals surface area contributed by atoms with Crippen LogP contribution in [0.2, 0.25) is 0 Å². The van der Waals surface area contributed by atoms with E-state index >= 15 is 0 Å². The number of pyridine rings is 1. The largest absolute Gasteiger partial charge is 0.321 e. The van der Waals surface area contributed by atoms with Crippen LogP contribution in [-0.4, -0.2) is 24.0 Å². The molecule has 0 radical (unpaired) electrons. The number of nitrogens with zero attached hydrogens (tertiary/aromatic N) is 1. The van der Waals surface area contributed by atoms with Crippen molar-refractivity contribution in [3.63, 3.8) is 0 Å². The third-order valence-corrected chi connectivity index (χ3v) is 3.81. The van der Waals surface area contributed by atoms with E-state index in [4.69, 9.17) is 0 Å². The van der Waals surface area contributed by atoms with Crippen LogP contribution in [0.3, 0.4) is 0 Å². The van der Waals surface area contributed by atoms with Crippen LogP contribution in [0.4, 0.5) is 5.69 Å². The summed E-state index contributed by atoms with van der Waals surface area (Å²) in [4.78, 5) is 16.2. The van der Waals surface area contributed by atoms with Crippen molar-refractivity contribution in [3.05, 3.63) is 59.9 Å². The van der Waals surface area contributed by atoms with Gasteiger partial charge in [0.1, 0.15) is 5.69 Å². The summed E-state index contributed by atoms with van der Waals surface area (Å²) >= 11 is 0. The van der Waals surface area contributed by atoms with Gasteiger partial charge in [0.25, 0.3) is 5.91 Å². The Hall–Kier alpha value is -2.20. The minimum Gasteiger partial charge on any atom is -0.321 e. The van der Waals surface area contributed by atoms with Gasteiger partial charge in [-0.3, -0.25) is 9.78 Å². The van der Waals surface area contributed by atoms with Crippen LogP contribution in [0.15, 0.2) is 48.7 Å². The van der Waals surface area contributed by atoms with Gasteiger partial charge < -0.3 is 10.6 Å². The SMILES string of the molecule is O=C(Nc1cccc(C2CCCNC2)c1)c1ccccn1. The maximum atomic E-state index is 12.1. The van der Waals surface area contributed by atoms with Crippen LogP contribution in [0.5, 0.6) is 0 Å². The molecule has 0 spiro atoms. The molecule has 1 atom stereocenters. The van der Waals surface area contributed by atoms with Crippen LogP contribution in [-0.2, 0) is 0 Å². The monoisotopic (exact) mass is 281 g/mol. The van der Waals surface area contributed by atoms with E-state index in [2.05, 4.69) is 27.8 Å². The van der Waals surface area contributed by atoms with E-state index in [0.29, 0.717) is 11.6 Å². The highest BCUT2D eigenvalue weighted by molar-refractivity contribution is 6.02. The molecular weight excluding hydrogens is 262 g/mol.